The highest BCUT2D eigenvalue weighted by Crippen LogP contribution is 2.11. The van der Waals surface area contributed by atoms with Crippen LogP contribution < -0.4 is 5.73 Å². The number of rotatable bonds is 6. The van der Waals surface area contributed by atoms with E-state index >= 15 is 0 Å². The molecule has 0 atom stereocenters. The molecule has 0 saturated heterocycles. The van der Waals surface area contributed by atoms with Gasteiger partial charge in [0, 0.05) is 0 Å². The van der Waals surface area contributed by atoms with Crippen LogP contribution in [0.25, 0.3) is 0 Å². The molecule has 0 spiro atoms. The quantitative estimate of drug-likeness (QED) is 0.586. The topological polar surface area (TPSA) is 26.0 Å². The molecular formula is C10H21N. The highest BCUT2D eigenvalue weighted by Gasteiger charge is 1.91. The highest BCUT2D eigenvalue weighted by atomic mass is 14.5. The molecule has 66 valence electrons. The van der Waals surface area contributed by atoms with Crippen LogP contribution in [-0.4, -0.2) is 6.54 Å². The maximum absolute atomic E-state index is 5.42. The first-order valence-corrected chi connectivity index (χ1v) is 4.73. The smallest absolute Gasteiger partial charge is 0.00425 e. The summed E-state index contributed by atoms with van der Waals surface area (Å²) in [6.07, 6.45) is 8.43. The van der Waals surface area contributed by atoms with Gasteiger partial charge in [0.1, 0.15) is 0 Å². The Kier molecular flexibility index (Phi) is 7.59. The van der Waals surface area contributed by atoms with Crippen LogP contribution in [0.5, 0.6) is 0 Å². The van der Waals surface area contributed by atoms with E-state index in [0.717, 1.165) is 13.0 Å². The Labute approximate surface area is 70.7 Å². The Hall–Kier alpha value is -0.300. The van der Waals surface area contributed by atoms with Gasteiger partial charge in [-0.15, -0.1) is 0 Å². The summed E-state index contributed by atoms with van der Waals surface area (Å²) in [7, 11) is 0. The molecule has 0 amide bonds. The van der Waals surface area contributed by atoms with E-state index in [1.54, 1.807) is 5.57 Å². The minimum absolute atomic E-state index is 0.787. The van der Waals surface area contributed by atoms with Crippen LogP contribution in [-0.2, 0) is 0 Å². The molecule has 0 unspecified atom stereocenters. The molecule has 0 aromatic carbocycles. The zero-order valence-electron chi connectivity index (χ0n) is 7.90. The molecule has 0 bridgehead atoms. The fourth-order valence-electron chi connectivity index (χ4n) is 1.11. The first kappa shape index (κ1) is 10.7. The lowest BCUT2D eigenvalue weighted by molar-refractivity contribution is 0.760. The lowest BCUT2D eigenvalue weighted by Gasteiger charge is -2.02. The summed E-state index contributed by atoms with van der Waals surface area (Å²) < 4.78 is 0. The van der Waals surface area contributed by atoms with Crippen molar-refractivity contribution in [3.05, 3.63) is 11.6 Å². The molecule has 0 aromatic rings. The van der Waals surface area contributed by atoms with E-state index in [9.17, 15) is 0 Å². The molecule has 0 heterocycles. The Balaban J connectivity index is 3.55. The molecule has 0 aliphatic carbocycles. The van der Waals surface area contributed by atoms with Gasteiger partial charge < -0.3 is 5.73 Å². The Morgan fingerprint density at radius 1 is 1.36 bits per heavy atom. The van der Waals surface area contributed by atoms with Crippen molar-refractivity contribution in [2.24, 2.45) is 5.73 Å². The largest absolute Gasteiger partial charge is 0.330 e. The van der Waals surface area contributed by atoms with Crippen LogP contribution >= 0.6 is 0 Å². The zero-order valence-corrected chi connectivity index (χ0v) is 7.90. The van der Waals surface area contributed by atoms with Crippen molar-refractivity contribution in [3.8, 4) is 0 Å². The molecule has 0 radical (unpaired) electrons. The van der Waals surface area contributed by atoms with Crippen molar-refractivity contribution in [2.45, 2.75) is 46.0 Å². The molecule has 0 saturated carbocycles. The van der Waals surface area contributed by atoms with Gasteiger partial charge >= 0.3 is 0 Å². The van der Waals surface area contributed by atoms with E-state index in [1.165, 1.54) is 25.7 Å². The van der Waals surface area contributed by atoms with E-state index in [-0.39, 0.29) is 0 Å². The van der Waals surface area contributed by atoms with Crippen molar-refractivity contribution in [1.82, 2.24) is 0 Å². The standard InChI is InChI=1S/C10H21N/c1-3-5-7-10(4-2)8-6-9-11/h8H,3-7,9,11H2,1-2H3. The summed E-state index contributed by atoms with van der Waals surface area (Å²) in [6, 6.07) is 0. The van der Waals surface area contributed by atoms with Gasteiger partial charge in [0.05, 0.1) is 0 Å². The van der Waals surface area contributed by atoms with Crippen molar-refractivity contribution in [1.29, 1.82) is 0 Å². The number of hydrogen-bond donors (Lipinski definition) is 1. The summed E-state index contributed by atoms with van der Waals surface area (Å²) in [5.41, 5.74) is 7.00. The zero-order chi connectivity index (χ0) is 8.53. The molecule has 11 heavy (non-hydrogen) atoms. The predicted octanol–water partition coefficient (Wildman–Crippen LogP) is 2.86. The van der Waals surface area contributed by atoms with Crippen molar-refractivity contribution < 1.29 is 0 Å². The molecule has 0 fully saturated rings. The molecule has 1 nitrogen and oxygen atoms in total. The number of unbranched alkanes of at least 4 members (excludes halogenated alkanes) is 1. The van der Waals surface area contributed by atoms with E-state index in [0.29, 0.717) is 0 Å². The second-order valence-electron chi connectivity index (χ2n) is 2.90. The SMILES string of the molecule is CCCCC(=CCCN)CC. The van der Waals surface area contributed by atoms with Crippen LogP contribution in [0.2, 0.25) is 0 Å². The molecule has 0 aliphatic rings. The Morgan fingerprint density at radius 3 is 2.55 bits per heavy atom. The third kappa shape index (κ3) is 6.11. The van der Waals surface area contributed by atoms with Gasteiger partial charge in [-0.05, 0) is 32.2 Å². The van der Waals surface area contributed by atoms with E-state index in [4.69, 9.17) is 5.73 Å². The van der Waals surface area contributed by atoms with Crippen LogP contribution in [0.15, 0.2) is 11.6 Å². The summed E-state index contributed by atoms with van der Waals surface area (Å²) in [4.78, 5) is 0. The van der Waals surface area contributed by atoms with Crippen LogP contribution in [0.3, 0.4) is 0 Å². The Bertz CT molecular complexity index is 105. The van der Waals surface area contributed by atoms with Crippen LogP contribution in [0.1, 0.15) is 46.0 Å². The highest BCUT2D eigenvalue weighted by molar-refractivity contribution is 5.00. The van der Waals surface area contributed by atoms with Gasteiger partial charge in [0.2, 0.25) is 0 Å². The number of allylic oxidation sites excluding steroid dienone is 1. The first-order valence-electron chi connectivity index (χ1n) is 4.73. The minimum atomic E-state index is 0.787. The summed E-state index contributed by atoms with van der Waals surface area (Å²) in [5, 5.41) is 0. The van der Waals surface area contributed by atoms with E-state index in [2.05, 4.69) is 19.9 Å². The second kappa shape index (κ2) is 7.80. The van der Waals surface area contributed by atoms with Gasteiger partial charge in [-0.25, -0.2) is 0 Å². The van der Waals surface area contributed by atoms with Crippen molar-refractivity contribution in [2.75, 3.05) is 6.54 Å². The van der Waals surface area contributed by atoms with Gasteiger partial charge in [-0.1, -0.05) is 31.9 Å². The molecule has 1 heteroatoms. The second-order valence-corrected chi connectivity index (χ2v) is 2.90. The monoisotopic (exact) mass is 155 g/mol. The third-order valence-corrected chi connectivity index (χ3v) is 1.91. The van der Waals surface area contributed by atoms with Gasteiger partial charge in [-0.3, -0.25) is 0 Å². The van der Waals surface area contributed by atoms with Gasteiger partial charge in [0.25, 0.3) is 0 Å². The average molecular weight is 155 g/mol. The van der Waals surface area contributed by atoms with Crippen molar-refractivity contribution in [3.63, 3.8) is 0 Å². The molecule has 0 aromatic heterocycles. The van der Waals surface area contributed by atoms with Crippen LogP contribution in [0, 0.1) is 0 Å². The van der Waals surface area contributed by atoms with Crippen molar-refractivity contribution >= 4 is 0 Å². The maximum atomic E-state index is 5.42. The third-order valence-electron chi connectivity index (χ3n) is 1.91. The number of hydrogen-bond acceptors (Lipinski definition) is 1. The fourth-order valence-corrected chi connectivity index (χ4v) is 1.11. The molecule has 0 aliphatic heterocycles. The van der Waals surface area contributed by atoms with E-state index < -0.39 is 0 Å². The summed E-state index contributed by atoms with van der Waals surface area (Å²) in [6.45, 7) is 5.24. The molecular weight excluding hydrogens is 134 g/mol. The first-order chi connectivity index (χ1) is 5.35. The summed E-state index contributed by atoms with van der Waals surface area (Å²) >= 11 is 0. The summed E-state index contributed by atoms with van der Waals surface area (Å²) in [5.74, 6) is 0. The Morgan fingerprint density at radius 2 is 2.09 bits per heavy atom. The van der Waals surface area contributed by atoms with E-state index in [1.807, 2.05) is 0 Å². The number of nitrogens with two attached hydrogens (primary N) is 1. The maximum Gasteiger partial charge on any atom is -0.00425 e. The fraction of sp³-hybridized carbons (Fsp3) is 0.800. The minimum Gasteiger partial charge on any atom is -0.330 e. The lowest BCUT2D eigenvalue weighted by atomic mass is 10.1. The van der Waals surface area contributed by atoms with Gasteiger partial charge in [-0.2, -0.15) is 0 Å². The molecule has 0 rings (SSSR count). The lowest BCUT2D eigenvalue weighted by Crippen LogP contribution is -1.96. The average Bonchev–Trinajstić information content (AvgIpc) is 2.05. The molecule has 2 N–H and O–H groups in total. The van der Waals surface area contributed by atoms with Crippen LogP contribution in [0.4, 0.5) is 0 Å². The normalized spacial score (nSPS) is 12.1. The predicted molar refractivity (Wildman–Crippen MR) is 51.6 cm³/mol. The van der Waals surface area contributed by atoms with Gasteiger partial charge in [0.15, 0.2) is 0 Å².